The highest BCUT2D eigenvalue weighted by molar-refractivity contribution is 5.96. The maximum absolute atomic E-state index is 12.7. The minimum atomic E-state index is -0.172. The van der Waals surface area contributed by atoms with E-state index in [4.69, 9.17) is 4.52 Å². The van der Waals surface area contributed by atoms with Gasteiger partial charge >= 0.3 is 0 Å². The first kappa shape index (κ1) is 14.1. The molecule has 1 aromatic rings. The van der Waals surface area contributed by atoms with Gasteiger partial charge in [0.15, 0.2) is 0 Å². The first-order valence-electron chi connectivity index (χ1n) is 7.17. The molecule has 0 N–H and O–H groups in total. The summed E-state index contributed by atoms with van der Waals surface area (Å²) >= 11 is 0. The lowest BCUT2D eigenvalue weighted by molar-refractivity contribution is 0.0757. The van der Waals surface area contributed by atoms with Crippen molar-refractivity contribution in [1.29, 1.82) is 0 Å². The summed E-state index contributed by atoms with van der Waals surface area (Å²) in [6.45, 7) is 9.71. The van der Waals surface area contributed by atoms with Gasteiger partial charge in [-0.2, -0.15) is 0 Å². The smallest absolute Gasteiger partial charge is 0.259 e. The quantitative estimate of drug-likeness (QED) is 0.782. The molecule has 0 bridgehead atoms. The molecule has 2 heterocycles. The first-order chi connectivity index (χ1) is 8.91. The number of likely N-dealkylation sites (tertiary alicyclic amines) is 1. The first-order valence-corrected chi connectivity index (χ1v) is 7.17. The second kappa shape index (κ2) is 5.35. The molecule has 1 aliphatic heterocycles. The van der Waals surface area contributed by atoms with E-state index in [0.717, 1.165) is 31.6 Å². The highest BCUT2D eigenvalue weighted by Gasteiger charge is 2.31. The standard InChI is InChI=1S/C15H24N2O2/c1-11-12(13(16-19-11)15(2,3)4)14(18)17-9-7-5-6-8-10-17/h5-10H2,1-4H3. The van der Waals surface area contributed by atoms with E-state index in [0.29, 0.717) is 11.3 Å². The van der Waals surface area contributed by atoms with Gasteiger partial charge in [0.2, 0.25) is 0 Å². The number of carbonyl (C=O) groups is 1. The lowest BCUT2D eigenvalue weighted by Gasteiger charge is -2.22. The Morgan fingerprint density at radius 1 is 1.16 bits per heavy atom. The normalized spacial score (nSPS) is 17.4. The number of carbonyl (C=O) groups excluding carboxylic acids is 1. The third-order valence-electron chi connectivity index (χ3n) is 3.68. The summed E-state index contributed by atoms with van der Waals surface area (Å²) in [6, 6.07) is 0. The second-order valence-electron chi connectivity index (χ2n) is 6.42. The van der Waals surface area contributed by atoms with Crippen molar-refractivity contribution in [3.63, 3.8) is 0 Å². The van der Waals surface area contributed by atoms with Gasteiger partial charge in [0.05, 0.1) is 0 Å². The molecule has 19 heavy (non-hydrogen) atoms. The zero-order valence-electron chi connectivity index (χ0n) is 12.5. The number of hydrogen-bond acceptors (Lipinski definition) is 3. The summed E-state index contributed by atoms with van der Waals surface area (Å²) in [5, 5.41) is 4.10. The van der Waals surface area contributed by atoms with Crippen LogP contribution in [0.15, 0.2) is 4.52 Å². The van der Waals surface area contributed by atoms with Crippen LogP contribution in [0.4, 0.5) is 0 Å². The number of rotatable bonds is 1. The van der Waals surface area contributed by atoms with Crippen molar-refractivity contribution in [2.45, 2.75) is 58.8 Å². The van der Waals surface area contributed by atoms with Crippen molar-refractivity contribution in [1.82, 2.24) is 10.1 Å². The molecule has 1 amide bonds. The topological polar surface area (TPSA) is 46.3 Å². The molecule has 1 aromatic heterocycles. The zero-order valence-corrected chi connectivity index (χ0v) is 12.5. The minimum absolute atomic E-state index is 0.0885. The Bertz CT molecular complexity index is 449. The highest BCUT2D eigenvalue weighted by Crippen LogP contribution is 2.28. The minimum Gasteiger partial charge on any atom is -0.361 e. The van der Waals surface area contributed by atoms with Gasteiger partial charge in [0.25, 0.3) is 5.91 Å². The van der Waals surface area contributed by atoms with Crippen LogP contribution in [0.1, 0.15) is 68.3 Å². The molecule has 1 aliphatic rings. The van der Waals surface area contributed by atoms with E-state index in [9.17, 15) is 4.79 Å². The highest BCUT2D eigenvalue weighted by atomic mass is 16.5. The Balaban J connectivity index is 2.30. The molecule has 0 unspecified atom stereocenters. The van der Waals surface area contributed by atoms with Crippen LogP contribution in [0.5, 0.6) is 0 Å². The van der Waals surface area contributed by atoms with Crippen LogP contribution in [-0.2, 0) is 5.41 Å². The average molecular weight is 264 g/mol. The summed E-state index contributed by atoms with van der Waals surface area (Å²) in [5.41, 5.74) is 1.28. The molecule has 2 rings (SSSR count). The van der Waals surface area contributed by atoms with E-state index in [-0.39, 0.29) is 11.3 Å². The lowest BCUT2D eigenvalue weighted by atomic mass is 9.88. The number of aryl methyl sites for hydroxylation is 1. The lowest BCUT2D eigenvalue weighted by Crippen LogP contribution is -2.33. The Morgan fingerprint density at radius 3 is 2.26 bits per heavy atom. The van der Waals surface area contributed by atoms with Crippen LogP contribution >= 0.6 is 0 Å². The fourth-order valence-corrected chi connectivity index (χ4v) is 2.57. The Kier molecular flexibility index (Phi) is 3.97. The zero-order chi connectivity index (χ0) is 14.0. The van der Waals surface area contributed by atoms with Crippen LogP contribution in [-0.4, -0.2) is 29.1 Å². The SMILES string of the molecule is Cc1onc(C(C)(C)C)c1C(=O)N1CCCCCC1. The van der Waals surface area contributed by atoms with Gasteiger partial charge in [-0.3, -0.25) is 4.79 Å². The van der Waals surface area contributed by atoms with Gasteiger partial charge in [-0.05, 0) is 19.8 Å². The Labute approximate surface area is 115 Å². The average Bonchev–Trinajstić information content (AvgIpc) is 2.57. The number of amides is 1. The maximum Gasteiger partial charge on any atom is 0.259 e. The molecule has 106 valence electrons. The van der Waals surface area contributed by atoms with Crippen molar-refractivity contribution in [2.24, 2.45) is 0 Å². The van der Waals surface area contributed by atoms with E-state index in [1.54, 1.807) is 0 Å². The van der Waals surface area contributed by atoms with E-state index < -0.39 is 0 Å². The third-order valence-corrected chi connectivity index (χ3v) is 3.68. The van der Waals surface area contributed by atoms with Gasteiger partial charge in [-0.15, -0.1) is 0 Å². The van der Waals surface area contributed by atoms with Gasteiger partial charge in [-0.1, -0.05) is 38.8 Å². The van der Waals surface area contributed by atoms with Crippen molar-refractivity contribution < 1.29 is 9.32 Å². The van der Waals surface area contributed by atoms with E-state index in [1.807, 2.05) is 11.8 Å². The largest absolute Gasteiger partial charge is 0.361 e. The van der Waals surface area contributed by atoms with Crippen molar-refractivity contribution in [3.05, 3.63) is 17.0 Å². The molecule has 4 nitrogen and oxygen atoms in total. The Hall–Kier alpha value is -1.32. The Morgan fingerprint density at radius 2 is 1.74 bits per heavy atom. The number of hydrogen-bond donors (Lipinski definition) is 0. The van der Waals surface area contributed by atoms with Gasteiger partial charge in [0.1, 0.15) is 17.0 Å². The van der Waals surface area contributed by atoms with Crippen LogP contribution in [0, 0.1) is 6.92 Å². The fourth-order valence-electron chi connectivity index (χ4n) is 2.57. The summed E-state index contributed by atoms with van der Waals surface area (Å²) in [4.78, 5) is 14.7. The summed E-state index contributed by atoms with van der Waals surface area (Å²) in [5.74, 6) is 0.727. The van der Waals surface area contributed by atoms with Gasteiger partial charge in [0, 0.05) is 18.5 Å². The molecular formula is C15H24N2O2. The summed E-state index contributed by atoms with van der Waals surface area (Å²) in [6.07, 6.45) is 4.64. The van der Waals surface area contributed by atoms with Crippen molar-refractivity contribution >= 4 is 5.91 Å². The fraction of sp³-hybridized carbons (Fsp3) is 0.733. The van der Waals surface area contributed by atoms with Crippen molar-refractivity contribution in [3.8, 4) is 0 Å². The van der Waals surface area contributed by atoms with Crippen molar-refractivity contribution in [2.75, 3.05) is 13.1 Å². The van der Waals surface area contributed by atoms with Gasteiger partial charge < -0.3 is 9.42 Å². The molecule has 0 aromatic carbocycles. The van der Waals surface area contributed by atoms with Crippen LogP contribution < -0.4 is 0 Å². The van der Waals surface area contributed by atoms with Crippen LogP contribution in [0.3, 0.4) is 0 Å². The van der Waals surface area contributed by atoms with Crippen LogP contribution in [0.2, 0.25) is 0 Å². The van der Waals surface area contributed by atoms with E-state index in [1.165, 1.54) is 12.8 Å². The molecule has 4 heteroatoms. The van der Waals surface area contributed by atoms with Crippen LogP contribution in [0.25, 0.3) is 0 Å². The van der Waals surface area contributed by atoms with E-state index in [2.05, 4.69) is 25.9 Å². The predicted molar refractivity (Wildman–Crippen MR) is 74.3 cm³/mol. The molecule has 1 fully saturated rings. The maximum atomic E-state index is 12.7. The molecular weight excluding hydrogens is 240 g/mol. The predicted octanol–water partition coefficient (Wildman–Crippen LogP) is 3.30. The van der Waals surface area contributed by atoms with E-state index >= 15 is 0 Å². The molecule has 0 radical (unpaired) electrons. The summed E-state index contributed by atoms with van der Waals surface area (Å²) < 4.78 is 5.27. The van der Waals surface area contributed by atoms with Gasteiger partial charge in [-0.25, -0.2) is 0 Å². The number of nitrogens with zero attached hydrogens (tertiary/aromatic N) is 2. The summed E-state index contributed by atoms with van der Waals surface area (Å²) in [7, 11) is 0. The number of aromatic nitrogens is 1. The molecule has 0 aliphatic carbocycles. The molecule has 0 spiro atoms. The molecule has 0 atom stereocenters. The third kappa shape index (κ3) is 2.99. The molecule has 1 saturated heterocycles. The monoisotopic (exact) mass is 264 g/mol. The second-order valence-corrected chi connectivity index (χ2v) is 6.42. The molecule has 0 saturated carbocycles.